The molecule has 0 spiro atoms. The summed E-state index contributed by atoms with van der Waals surface area (Å²) in [4.78, 5) is 36.0. The lowest BCUT2D eigenvalue weighted by molar-refractivity contribution is -0.118. The highest BCUT2D eigenvalue weighted by Crippen LogP contribution is 2.48. The number of imide groups is 1. The molecule has 0 aliphatic heterocycles. The molecule has 1 aromatic heterocycles. The summed E-state index contributed by atoms with van der Waals surface area (Å²) in [5, 5.41) is 1.98. The third kappa shape index (κ3) is 2.25. The zero-order valence-electron chi connectivity index (χ0n) is 9.17. The Morgan fingerprint density at radius 2 is 2.06 bits per heavy atom. The van der Waals surface area contributed by atoms with E-state index in [1.165, 1.54) is 19.1 Å². The summed E-state index contributed by atoms with van der Waals surface area (Å²) in [6, 6.07) is 2.59. The molecule has 90 valence electrons. The fourth-order valence-corrected chi connectivity index (χ4v) is 1.52. The number of aromatic amines is 1. The molecule has 0 saturated heterocycles. The van der Waals surface area contributed by atoms with Crippen LogP contribution in [-0.4, -0.2) is 16.8 Å². The lowest BCUT2D eigenvalue weighted by atomic mass is 10.2. The third-order valence-electron chi connectivity index (χ3n) is 2.62. The van der Waals surface area contributed by atoms with Crippen LogP contribution in [0.3, 0.4) is 0 Å². The Morgan fingerprint density at radius 1 is 1.41 bits per heavy atom. The van der Waals surface area contributed by atoms with E-state index in [9.17, 15) is 18.8 Å². The maximum absolute atomic E-state index is 13.6. The zero-order chi connectivity index (χ0) is 12.6. The predicted octanol–water partition coefficient (Wildman–Crippen LogP) is 0.610. The van der Waals surface area contributed by atoms with Crippen molar-refractivity contribution in [2.24, 2.45) is 0 Å². The minimum atomic E-state index is -1.45. The second-order valence-corrected chi connectivity index (χ2v) is 4.09. The van der Waals surface area contributed by atoms with Crippen molar-refractivity contribution in [3.05, 3.63) is 33.7 Å². The first-order valence-corrected chi connectivity index (χ1v) is 5.17. The molecule has 0 atom stereocenters. The molecule has 0 unspecified atom stereocenters. The Kier molecular flexibility index (Phi) is 2.57. The highest BCUT2D eigenvalue weighted by atomic mass is 19.1. The Bertz CT molecular complexity index is 546. The lowest BCUT2D eigenvalue weighted by Crippen LogP contribution is -2.33. The largest absolute Gasteiger partial charge is 0.322 e. The maximum Gasteiger partial charge on any atom is 0.263 e. The average Bonchev–Trinajstić information content (AvgIpc) is 2.96. The smallest absolute Gasteiger partial charge is 0.263 e. The van der Waals surface area contributed by atoms with Gasteiger partial charge < -0.3 is 4.98 Å². The van der Waals surface area contributed by atoms with Crippen LogP contribution < -0.4 is 10.9 Å². The average molecular weight is 238 g/mol. The van der Waals surface area contributed by atoms with Crippen LogP contribution in [-0.2, 0) is 10.5 Å². The summed E-state index contributed by atoms with van der Waals surface area (Å²) in [5.41, 5.74) is -2.16. The molecule has 5 nitrogen and oxygen atoms in total. The summed E-state index contributed by atoms with van der Waals surface area (Å²) in [6.45, 7) is 1.17. The fourth-order valence-electron chi connectivity index (χ4n) is 1.52. The zero-order valence-corrected chi connectivity index (χ0v) is 9.17. The molecule has 1 fully saturated rings. The van der Waals surface area contributed by atoms with Crippen molar-refractivity contribution in [1.82, 2.24) is 10.3 Å². The maximum atomic E-state index is 13.6. The molecule has 1 saturated carbocycles. The minimum Gasteiger partial charge on any atom is -0.322 e. The Morgan fingerprint density at radius 3 is 2.53 bits per heavy atom. The van der Waals surface area contributed by atoms with Crippen LogP contribution in [0.5, 0.6) is 0 Å². The van der Waals surface area contributed by atoms with Gasteiger partial charge in [0.2, 0.25) is 5.91 Å². The van der Waals surface area contributed by atoms with E-state index < -0.39 is 23.0 Å². The van der Waals surface area contributed by atoms with Gasteiger partial charge in [0.15, 0.2) is 5.67 Å². The number of carbonyl (C=O) groups is 2. The monoisotopic (exact) mass is 238 g/mol. The van der Waals surface area contributed by atoms with Crippen LogP contribution in [0.25, 0.3) is 0 Å². The molecular formula is C11H11FN2O3. The SMILES string of the molecule is CC(=O)NC(=O)c1ccc(C2(F)CC2)[nH]c1=O. The number of H-pyrrole nitrogens is 1. The van der Waals surface area contributed by atoms with E-state index >= 15 is 0 Å². The number of hydrogen-bond donors (Lipinski definition) is 2. The van der Waals surface area contributed by atoms with Gasteiger partial charge >= 0.3 is 0 Å². The van der Waals surface area contributed by atoms with E-state index in [4.69, 9.17) is 0 Å². The first-order chi connectivity index (χ1) is 7.92. The number of aromatic nitrogens is 1. The molecule has 0 bridgehead atoms. The van der Waals surface area contributed by atoms with Gasteiger partial charge in [-0.1, -0.05) is 0 Å². The standard InChI is InChI=1S/C11H11FN2O3/c1-6(15)13-9(16)7-2-3-8(14-10(7)17)11(12)4-5-11/h2-3H,4-5H2,1H3,(H,14,17)(H,13,15,16). The molecule has 0 radical (unpaired) electrons. The van der Waals surface area contributed by atoms with Crippen LogP contribution in [0.1, 0.15) is 35.8 Å². The number of amides is 2. The lowest BCUT2D eigenvalue weighted by Gasteiger charge is -2.06. The van der Waals surface area contributed by atoms with E-state index in [0.717, 1.165) is 0 Å². The summed E-state index contributed by atoms with van der Waals surface area (Å²) >= 11 is 0. The number of nitrogens with one attached hydrogen (secondary N) is 2. The number of carbonyl (C=O) groups excluding carboxylic acids is 2. The second-order valence-electron chi connectivity index (χ2n) is 4.09. The highest BCUT2D eigenvalue weighted by molar-refractivity contribution is 6.03. The number of halogens is 1. The van der Waals surface area contributed by atoms with Gasteiger partial charge in [0.1, 0.15) is 5.56 Å². The van der Waals surface area contributed by atoms with Crippen molar-refractivity contribution in [2.45, 2.75) is 25.4 Å². The molecule has 2 N–H and O–H groups in total. The Balaban J connectivity index is 2.29. The molecule has 2 rings (SSSR count). The summed E-state index contributed by atoms with van der Waals surface area (Å²) in [6.07, 6.45) is 0.754. The first kappa shape index (κ1) is 11.5. The van der Waals surface area contributed by atoms with Crippen molar-refractivity contribution in [3.8, 4) is 0 Å². The van der Waals surface area contributed by atoms with Crippen LogP contribution in [0.4, 0.5) is 4.39 Å². The van der Waals surface area contributed by atoms with Gasteiger partial charge in [0.25, 0.3) is 11.5 Å². The van der Waals surface area contributed by atoms with E-state index in [1.807, 2.05) is 5.32 Å². The molecule has 17 heavy (non-hydrogen) atoms. The number of alkyl halides is 1. The van der Waals surface area contributed by atoms with Crippen LogP contribution in [0, 0.1) is 0 Å². The molecular weight excluding hydrogens is 227 g/mol. The van der Waals surface area contributed by atoms with Crippen molar-refractivity contribution in [2.75, 3.05) is 0 Å². The predicted molar refractivity (Wildman–Crippen MR) is 57.2 cm³/mol. The van der Waals surface area contributed by atoms with Crippen molar-refractivity contribution in [3.63, 3.8) is 0 Å². The van der Waals surface area contributed by atoms with Gasteiger partial charge in [-0.15, -0.1) is 0 Å². The molecule has 0 aromatic carbocycles. The number of rotatable bonds is 2. The van der Waals surface area contributed by atoms with Gasteiger partial charge in [0.05, 0.1) is 5.69 Å². The normalized spacial score (nSPS) is 16.4. The number of pyridine rings is 1. The second kappa shape index (κ2) is 3.80. The van der Waals surface area contributed by atoms with Gasteiger partial charge in [0, 0.05) is 6.92 Å². The van der Waals surface area contributed by atoms with Crippen molar-refractivity contribution in [1.29, 1.82) is 0 Å². The molecule has 2 amide bonds. The van der Waals surface area contributed by atoms with Crippen LogP contribution >= 0.6 is 0 Å². The fraction of sp³-hybridized carbons (Fsp3) is 0.364. The Hall–Kier alpha value is -1.98. The van der Waals surface area contributed by atoms with E-state index in [1.54, 1.807) is 0 Å². The van der Waals surface area contributed by atoms with Gasteiger partial charge in [-0.3, -0.25) is 19.7 Å². The van der Waals surface area contributed by atoms with Crippen LogP contribution in [0.15, 0.2) is 16.9 Å². The summed E-state index contributed by atoms with van der Waals surface area (Å²) in [5.74, 6) is -1.34. The topological polar surface area (TPSA) is 79.0 Å². The van der Waals surface area contributed by atoms with E-state index in [-0.39, 0.29) is 11.3 Å². The molecule has 1 aromatic rings. The van der Waals surface area contributed by atoms with E-state index in [2.05, 4.69) is 4.98 Å². The summed E-state index contributed by atoms with van der Waals surface area (Å²) < 4.78 is 13.6. The highest BCUT2D eigenvalue weighted by Gasteiger charge is 2.46. The number of hydrogen-bond acceptors (Lipinski definition) is 3. The molecule has 1 aliphatic carbocycles. The third-order valence-corrected chi connectivity index (χ3v) is 2.62. The van der Waals surface area contributed by atoms with Crippen molar-refractivity contribution >= 4 is 11.8 Å². The molecule has 1 heterocycles. The molecule has 1 aliphatic rings. The minimum absolute atomic E-state index is 0.182. The Labute approximate surface area is 96.0 Å². The van der Waals surface area contributed by atoms with E-state index in [0.29, 0.717) is 12.8 Å². The summed E-state index contributed by atoms with van der Waals surface area (Å²) in [7, 11) is 0. The molecule has 6 heteroatoms. The first-order valence-electron chi connectivity index (χ1n) is 5.17. The van der Waals surface area contributed by atoms with Gasteiger partial charge in [-0.05, 0) is 25.0 Å². The van der Waals surface area contributed by atoms with Gasteiger partial charge in [-0.25, -0.2) is 4.39 Å². The quantitative estimate of drug-likeness (QED) is 0.792. The van der Waals surface area contributed by atoms with Crippen molar-refractivity contribution < 1.29 is 14.0 Å². The van der Waals surface area contributed by atoms with Gasteiger partial charge in [-0.2, -0.15) is 0 Å². The van der Waals surface area contributed by atoms with Crippen LogP contribution in [0.2, 0.25) is 0 Å².